The van der Waals surface area contributed by atoms with E-state index in [9.17, 15) is 5.11 Å². The van der Waals surface area contributed by atoms with Crippen LogP contribution in [0.4, 0.5) is 0 Å². The summed E-state index contributed by atoms with van der Waals surface area (Å²) in [6.07, 6.45) is -0.760. The molecule has 0 aliphatic carbocycles. The molecule has 0 radical (unpaired) electrons. The quantitative estimate of drug-likeness (QED) is 0.853. The molecule has 0 saturated carbocycles. The molecule has 1 atom stereocenters. The van der Waals surface area contributed by atoms with Crippen molar-refractivity contribution in [3.8, 4) is 0 Å². The number of aryl methyl sites for hydroxylation is 1. The lowest BCUT2D eigenvalue weighted by Crippen LogP contribution is -2.08. The Morgan fingerprint density at radius 3 is 2.63 bits per heavy atom. The lowest BCUT2D eigenvalue weighted by atomic mass is 10.1. The van der Waals surface area contributed by atoms with Gasteiger partial charge in [-0.2, -0.15) is 0 Å². The molecule has 1 aromatic heterocycles. The van der Waals surface area contributed by atoms with Crippen LogP contribution in [0.2, 0.25) is 5.15 Å². The Labute approximate surface area is 117 Å². The largest absolute Gasteiger partial charge is 0.386 e. The standard InChI is InChI=1S/C15H16ClNO2/c1-11-7-8-13(15(16)17-11)14(18)10-19-9-12-5-3-2-4-6-12/h2-8,14,18H,9-10H2,1H3. The second-order valence-corrected chi connectivity index (χ2v) is 4.71. The van der Waals surface area contributed by atoms with Crippen molar-refractivity contribution in [2.24, 2.45) is 0 Å². The summed E-state index contributed by atoms with van der Waals surface area (Å²) in [7, 11) is 0. The van der Waals surface area contributed by atoms with Crippen molar-refractivity contribution in [2.75, 3.05) is 6.61 Å². The summed E-state index contributed by atoms with van der Waals surface area (Å²) >= 11 is 5.99. The number of hydrogen-bond donors (Lipinski definition) is 1. The van der Waals surface area contributed by atoms with Crippen molar-refractivity contribution < 1.29 is 9.84 Å². The fourth-order valence-corrected chi connectivity index (χ4v) is 2.06. The number of aromatic nitrogens is 1. The molecular weight excluding hydrogens is 262 g/mol. The molecule has 0 bridgehead atoms. The van der Waals surface area contributed by atoms with E-state index >= 15 is 0 Å². The molecule has 1 aromatic carbocycles. The van der Waals surface area contributed by atoms with Crippen molar-refractivity contribution in [1.82, 2.24) is 4.98 Å². The van der Waals surface area contributed by atoms with E-state index in [4.69, 9.17) is 16.3 Å². The van der Waals surface area contributed by atoms with Crippen molar-refractivity contribution in [3.63, 3.8) is 0 Å². The first kappa shape index (κ1) is 14.0. The smallest absolute Gasteiger partial charge is 0.135 e. The van der Waals surface area contributed by atoms with Crippen LogP contribution < -0.4 is 0 Å². The zero-order valence-corrected chi connectivity index (χ0v) is 11.5. The first-order chi connectivity index (χ1) is 9.16. The van der Waals surface area contributed by atoms with Crippen LogP contribution in [0.15, 0.2) is 42.5 Å². The second-order valence-electron chi connectivity index (χ2n) is 4.35. The van der Waals surface area contributed by atoms with E-state index in [1.54, 1.807) is 6.07 Å². The third-order valence-electron chi connectivity index (χ3n) is 2.76. The van der Waals surface area contributed by atoms with Gasteiger partial charge in [0, 0.05) is 11.3 Å². The first-order valence-electron chi connectivity index (χ1n) is 6.09. The van der Waals surface area contributed by atoms with Crippen LogP contribution in [0, 0.1) is 6.92 Å². The molecule has 2 rings (SSSR count). The predicted molar refractivity (Wildman–Crippen MR) is 75.0 cm³/mol. The number of ether oxygens (including phenoxy) is 1. The zero-order valence-electron chi connectivity index (χ0n) is 10.7. The summed E-state index contributed by atoms with van der Waals surface area (Å²) in [6, 6.07) is 13.4. The van der Waals surface area contributed by atoms with E-state index in [0.29, 0.717) is 17.3 Å². The number of nitrogens with zero attached hydrogens (tertiary/aromatic N) is 1. The summed E-state index contributed by atoms with van der Waals surface area (Å²) in [4.78, 5) is 4.11. The second kappa shape index (κ2) is 6.66. The van der Waals surface area contributed by atoms with Crippen molar-refractivity contribution in [2.45, 2.75) is 19.6 Å². The van der Waals surface area contributed by atoms with Gasteiger partial charge in [-0.3, -0.25) is 0 Å². The molecule has 0 saturated heterocycles. The van der Waals surface area contributed by atoms with Crippen LogP contribution in [-0.2, 0) is 11.3 Å². The summed E-state index contributed by atoms with van der Waals surface area (Å²) < 4.78 is 5.48. The number of benzene rings is 1. The number of aliphatic hydroxyl groups excluding tert-OH is 1. The third-order valence-corrected chi connectivity index (χ3v) is 3.07. The van der Waals surface area contributed by atoms with Crippen LogP contribution in [0.3, 0.4) is 0 Å². The Kier molecular flexibility index (Phi) is 4.91. The maximum atomic E-state index is 10.0. The van der Waals surface area contributed by atoms with E-state index in [0.717, 1.165) is 11.3 Å². The molecule has 4 heteroatoms. The summed E-state index contributed by atoms with van der Waals surface area (Å²) in [5.74, 6) is 0. The van der Waals surface area contributed by atoms with Gasteiger partial charge in [0.1, 0.15) is 11.3 Å². The average molecular weight is 278 g/mol. The maximum Gasteiger partial charge on any atom is 0.135 e. The van der Waals surface area contributed by atoms with Gasteiger partial charge in [0.2, 0.25) is 0 Å². The molecule has 1 unspecified atom stereocenters. The maximum absolute atomic E-state index is 10.0. The molecule has 0 amide bonds. The minimum atomic E-state index is -0.760. The molecule has 0 aliphatic heterocycles. The number of halogens is 1. The molecule has 0 fully saturated rings. The van der Waals surface area contributed by atoms with Gasteiger partial charge in [-0.15, -0.1) is 0 Å². The van der Waals surface area contributed by atoms with Crippen LogP contribution in [0.25, 0.3) is 0 Å². The highest BCUT2D eigenvalue weighted by molar-refractivity contribution is 6.30. The van der Waals surface area contributed by atoms with E-state index in [-0.39, 0.29) is 6.61 Å². The summed E-state index contributed by atoms with van der Waals surface area (Å²) in [5.41, 5.74) is 2.49. The Hall–Kier alpha value is -1.42. The number of hydrogen-bond acceptors (Lipinski definition) is 3. The highest BCUT2D eigenvalue weighted by Crippen LogP contribution is 2.21. The van der Waals surface area contributed by atoms with Crippen LogP contribution in [-0.4, -0.2) is 16.7 Å². The molecule has 0 spiro atoms. The van der Waals surface area contributed by atoms with E-state index < -0.39 is 6.10 Å². The lowest BCUT2D eigenvalue weighted by molar-refractivity contribution is 0.0276. The third kappa shape index (κ3) is 4.03. The SMILES string of the molecule is Cc1ccc(C(O)COCc2ccccc2)c(Cl)n1. The van der Waals surface area contributed by atoms with Crippen molar-refractivity contribution in [3.05, 3.63) is 64.4 Å². The average Bonchev–Trinajstić information content (AvgIpc) is 2.39. The summed E-state index contributed by atoms with van der Waals surface area (Å²) in [5, 5.41) is 10.4. The lowest BCUT2D eigenvalue weighted by Gasteiger charge is -2.13. The Bertz CT molecular complexity index is 531. The number of pyridine rings is 1. The van der Waals surface area contributed by atoms with Gasteiger partial charge < -0.3 is 9.84 Å². The van der Waals surface area contributed by atoms with Crippen LogP contribution in [0.5, 0.6) is 0 Å². The van der Waals surface area contributed by atoms with Gasteiger partial charge in [-0.25, -0.2) is 4.98 Å². The monoisotopic (exact) mass is 277 g/mol. The summed E-state index contributed by atoms with van der Waals surface area (Å²) in [6.45, 7) is 2.52. The highest BCUT2D eigenvalue weighted by atomic mass is 35.5. The Morgan fingerprint density at radius 1 is 1.21 bits per heavy atom. The number of aliphatic hydroxyl groups is 1. The van der Waals surface area contributed by atoms with Crippen LogP contribution >= 0.6 is 11.6 Å². The van der Waals surface area contributed by atoms with Crippen LogP contribution in [0.1, 0.15) is 22.9 Å². The fraction of sp³-hybridized carbons (Fsp3) is 0.267. The van der Waals surface area contributed by atoms with Crippen molar-refractivity contribution >= 4 is 11.6 Å². The fourth-order valence-electron chi connectivity index (χ4n) is 1.74. The normalized spacial score (nSPS) is 12.4. The van der Waals surface area contributed by atoms with Gasteiger partial charge in [0.25, 0.3) is 0 Å². The minimum absolute atomic E-state index is 0.194. The van der Waals surface area contributed by atoms with Gasteiger partial charge in [-0.1, -0.05) is 48.0 Å². The predicted octanol–water partition coefficient (Wildman–Crippen LogP) is 3.29. The van der Waals surface area contributed by atoms with Gasteiger partial charge in [0.05, 0.1) is 13.2 Å². The minimum Gasteiger partial charge on any atom is -0.386 e. The van der Waals surface area contributed by atoms with Crippen molar-refractivity contribution in [1.29, 1.82) is 0 Å². The van der Waals surface area contributed by atoms with E-state index in [1.807, 2.05) is 43.3 Å². The molecule has 1 heterocycles. The Morgan fingerprint density at radius 2 is 1.95 bits per heavy atom. The Balaban J connectivity index is 1.89. The van der Waals surface area contributed by atoms with E-state index in [1.165, 1.54) is 0 Å². The highest BCUT2D eigenvalue weighted by Gasteiger charge is 2.12. The van der Waals surface area contributed by atoms with E-state index in [2.05, 4.69) is 4.98 Å². The molecule has 1 N–H and O–H groups in total. The number of rotatable bonds is 5. The molecule has 2 aromatic rings. The zero-order chi connectivity index (χ0) is 13.7. The molecule has 3 nitrogen and oxygen atoms in total. The van der Waals surface area contributed by atoms with Gasteiger partial charge >= 0.3 is 0 Å². The molecule has 100 valence electrons. The topological polar surface area (TPSA) is 42.4 Å². The van der Waals surface area contributed by atoms with Gasteiger partial charge in [0.15, 0.2) is 0 Å². The molecular formula is C15H16ClNO2. The first-order valence-corrected chi connectivity index (χ1v) is 6.47. The van der Waals surface area contributed by atoms with Gasteiger partial charge in [-0.05, 0) is 18.6 Å². The molecule has 0 aliphatic rings. The molecule has 19 heavy (non-hydrogen) atoms.